The van der Waals surface area contributed by atoms with E-state index in [-0.39, 0.29) is 5.54 Å². The number of hydrogen-bond donors (Lipinski definition) is 1. The fraction of sp³-hybridized carbons (Fsp3) is 0.182. The summed E-state index contributed by atoms with van der Waals surface area (Å²) in [7, 11) is 0. The van der Waals surface area contributed by atoms with E-state index in [1.54, 1.807) is 0 Å². The van der Waals surface area contributed by atoms with Crippen LogP contribution in [-0.2, 0) is 5.54 Å². The van der Waals surface area contributed by atoms with E-state index in [9.17, 15) is 0 Å². The maximum Gasteiger partial charge on any atom is 0.142 e. The molecule has 0 radical (unpaired) electrons. The summed E-state index contributed by atoms with van der Waals surface area (Å²) in [5, 5.41) is 3.79. The molecule has 2 heteroatoms. The lowest BCUT2D eigenvalue weighted by molar-refractivity contribution is 0.244. The molecule has 1 N–H and O–H groups in total. The van der Waals surface area contributed by atoms with Crippen LogP contribution in [-0.4, -0.2) is 6.61 Å². The smallest absolute Gasteiger partial charge is 0.142 e. The fourth-order valence-electron chi connectivity index (χ4n) is 3.38. The summed E-state index contributed by atoms with van der Waals surface area (Å²) in [5.74, 6) is 0.931. The summed E-state index contributed by atoms with van der Waals surface area (Å²) in [6.07, 6.45) is 0. The third-order valence-electron chi connectivity index (χ3n) is 4.92. The highest BCUT2D eigenvalue weighted by Gasteiger charge is 2.39. The van der Waals surface area contributed by atoms with Gasteiger partial charge in [-0.05, 0) is 48.2 Å². The van der Waals surface area contributed by atoms with E-state index < -0.39 is 0 Å². The monoisotopic (exact) mass is 315 g/mol. The number of hydrogen-bond acceptors (Lipinski definition) is 2. The molecular formula is C22H21NO. The second-order valence-corrected chi connectivity index (χ2v) is 6.48. The number of benzene rings is 3. The van der Waals surface area contributed by atoms with Crippen molar-refractivity contribution in [3.8, 4) is 5.75 Å². The summed E-state index contributed by atoms with van der Waals surface area (Å²) in [5.41, 5.74) is 5.61. The van der Waals surface area contributed by atoms with Crippen LogP contribution in [0.1, 0.15) is 22.3 Å². The third kappa shape index (κ3) is 2.35. The summed E-state index contributed by atoms with van der Waals surface area (Å²) in [6, 6.07) is 25.4. The molecule has 1 aliphatic rings. The van der Waals surface area contributed by atoms with Crippen molar-refractivity contribution < 1.29 is 4.74 Å². The minimum Gasteiger partial charge on any atom is -0.488 e. The van der Waals surface area contributed by atoms with Gasteiger partial charge >= 0.3 is 0 Å². The molecule has 1 heterocycles. The molecule has 0 saturated carbocycles. The van der Waals surface area contributed by atoms with Gasteiger partial charge in [0, 0.05) is 0 Å². The largest absolute Gasteiger partial charge is 0.488 e. The first-order valence-electron chi connectivity index (χ1n) is 8.32. The van der Waals surface area contributed by atoms with Crippen LogP contribution in [0, 0.1) is 13.8 Å². The molecule has 0 fully saturated rings. The predicted octanol–water partition coefficient (Wildman–Crippen LogP) is 5.05. The van der Waals surface area contributed by atoms with E-state index in [4.69, 9.17) is 4.74 Å². The van der Waals surface area contributed by atoms with Crippen molar-refractivity contribution in [2.75, 3.05) is 11.9 Å². The molecule has 3 aromatic rings. The summed E-state index contributed by atoms with van der Waals surface area (Å²) >= 11 is 0. The molecule has 0 bridgehead atoms. The van der Waals surface area contributed by atoms with E-state index in [2.05, 4.69) is 79.8 Å². The normalized spacial score (nSPS) is 15.1. The summed E-state index contributed by atoms with van der Waals surface area (Å²) < 4.78 is 6.22. The zero-order chi connectivity index (χ0) is 16.6. The van der Waals surface area contributed by atoms with E-state index in [0.29, 0.717) is 6.61 Å². The van der Waals surface area contributed by atoms with Crippen molar-refractivity contribution in [3.63, 3.8) is 0 Å². The SMILES string of the molecule is Cc1cc2c(cc1C)OCC(c1ccccc1)(c1ccccc1)N2. The van der Waals surface area contributed by atoms with Crippen LogP contribution in [0.25, 0.3) is 0 Å². The lowest BCUT2D eigenvalue weighted by Crippen LogP contribution is -2.45. The highest BCUT2D eigenvalue weighted by Crippen LogP contribution is 2.42. The van der Waals surface area contributed by atoms with Gasteiger partial charge in [-0.2, -0.15) is 0 Å². The van der Waals surface area contributed by atoms with E-state index >= 15 is 0 Å². The quantitative estimate of drug-likeness (QED) is 0.714. The van der Waals surface area contributed by atoms with E-state index in [1.165, 1.54) is 22.3 Å². The summed E-state index contributed by atoms with van der Waals surface area (Å²) in [4.78, 5) is 0. The fourth-order valence-corrected chi connectivity index (χ4v) is 3.38. The molecule has 0 aromatic heterocycles. The predicted molar refractivity (Wildman–Crippen MR) is 98.7 cm³/mol. The van der Waals surface area contributed by atoms with Crippen LogP contribution in [0.15, 0.2) is 72.8 Å². The van der Waals surface area contributed by atoms with Gasteiger partial charge in [0.05, 0.1) is 5.69 Å². The Hall–Kier alpha value is -2.74. The molecule has 1 aliphatic heterocycles. The van der Waals surface area contributed by atoms with Gasteiger partial charge in [0.1, 0.15) is 17.9 Å². The van der Waals surface area contributed by atoms with E-state index in [0.717, 1.165) is 11.4 Å². The molecule has 120 valence electrons. The molecule has 0 unspecified atom stereocenters. The average molecular weight is 315 g/mol. The maximum atomic E-state index is 6.22. The molecule has 0 aliphatic carbocycles. The summed E-state index contributed by atoms with van der Waals surface area (Å²) in [6.45, 7) is 4.82. The topological polar surface area (TPSA) is 21.3 Å². The first kappa shape index (κ1) is 14.8. The molecule has 0 spiro atoms. The second-order valence-electron chi connectivity index (χ2n) is 6.48. The number of rotatable bonds is 2. The van der Waals surface area contributed by atoms with Crippen LogP contribution in [0.5, 0.6) is 5.75 Å². The van der Waals surface area contributed by atoms with Crippen LogP contribution >= 0.6 is 0 Å². The molecule has 0 saturated heterocycles. The van der Waals surface area contributed by atoms with Crippen molar-refractivity contribution in [3.05, 3.63) is 95.1 Å². The minimum absolute atomic E-state index is 0.378. The number of ether oxygens (including phenoxy) is 1. The van der Waals surface area contributed by atoms with Crippen molar-refractivity contribution >= 4 is 5.69 Å². The number of anilines is 1. The molecule has 3 aromatic carbocycles. The van der Waals surface area contributed by atoms with Gasteiger partial charge in [-0.3, -0.25) is 0 Å². The van der Waals surface area contributed by atoms with Crippen molar-refractivity contribution in [2.45, 2.75) is 19.4 Å². The van der Waals surface area contributed by atoms with Crippen LogP contribution in [0.4, 0.5) is 5.69 Å². The molecule has 4 rings (SSSR count). The number of nitrogens with one attached hydrogen (secondary N) is 1. The standard InChI is InChI=1S/C22H21NO/c1-16-13-20-21(14-17(16)2)24-15-22(23-20,18-9-5-3-6-10-18)19-11-7-4-8-12-19/h3-14,23H,15H2,1-2H3. The van der Waals surface area contributed by atoms with Gasteiger partial charge in [-0.15, -0.1) is 0 Å². The van der Waals surface area contributed by atoms with Gasteiger partial charge in [0.2, 0.25) is 0 Å². The Kier molecular flexibility index (Phi) is 3.53. The van der Waals surface area contributed by atoms with Crippen LogP contribution in [0.3, 0.4) is 0 Å². The van der Waals surface area contributed by atoms with Gasteiger partial charge in [0.15, 0.2) is 0 Å². The molecule has 24 heavy (non-hydrogen) atoms. The lowest BCUT2D eigenvalue weighted by atomic mass is 9.82. The highest BCUT2D eigenvalue weighted by molar-refractivity contribution is 5.66. The van der Waals surface area contributed by atoms with Crippen molar-refractivity contribution in [2.24, 2.45) is 0 Å². The Balaban J connectivity index is 1.88. The molecule has 0 amide bonds. The van der Waals surface area contributed by atoms with Gasteiger partial charge in [-0.1, -0.05) is 60.7 Å². The minimum atomic E-state index is -0.378. The first-order valence-corrected chi connectivity index (χ1v) is 8.32. The number of fused-ring (bicyclic) bond motifs is 1. The average Bonchev–Trinajstić information content (AvgIpc) is 2.64. The van der Waals surface area contributed by atoms with E-state index in [1.807, 2.05) is 12.1 Å². The lowest BCUT2D eigenvalue weighted by Gasteiger charge is -2.41. The molecule has 0 atom stereocenters. The van der Waals surface area contributed by atoms with Gasteiger partial charge in [0.25, 0.3) is 0 Å². The van der Waals surface area contributed by atoms with Gasteiger partial charge in [-0.25, -0.2) is 0 Å². The van der Waals surface area contributed by atoms with Gasteiger partial charge < -0.3 is 10.1 Å². The third-order valence-corrected chi connectivity index (χ3v) is 4.92. The van der Waals surface area contributed by atoms with Crippen molar-refractivity contribution in [1.29, 1.82) is 0 Å². The maximum absolute atomic E-state index is 6.22. The van der Waals surface area contributed by atoms with Crippen LogP contribution < -0.4 is 10.1 Å². The zero-order valence-corrected chi connectivity index (χ0v) is 14.0. The number of aryl methyl sites for hydroxylation is 2. The Labute approximate surface area is 143 Å². The Morgan fingerprint density at radius 1 is 0.792 bits per heavy atom. The van der Waals surface area contributed by atoms with Crippen LogP contribution in [0.2, 0.25) is 0 Å². The second kappa shape index (κ2) is 5.72. The zero-order valence-electron chi connectivity index (χ0n) is 14.0. The molecular weight excluding hydrogens is 294 g/mol. The Bertz CT molecular complexity index is 816. The van der Waals surface area contributed by atoms with Crippen molar-refractivity contribution in [1.82, 2.24) is 0 Å². The Morgan fingerprint density at radius 3 is 1.92 bits per heavy atom. The Morgan fingerprint density at radius 2 is 1.33 bits per heavy atom. The molecule has 2 nitrogen and oxygen atoms in total. The highest BCUT2D eigenvalue weighted by atomic mass is 16.5. The first-order chi connectivity index (χ1) is 11.7.